The molecule has 1 atom stereocenters. The van der Waals surface area contributed by atoms with Gasteiger partial charge in [0.05, 0.1) is 11.0 Å². The van der Waals surface area contributed by atoms with Crippen LogP contribution in [0.25, 0.3) is 11.0 Å². The normalized spacial score (nSPS) is 18.1. The minimum Gasteiger partial charge on any atom is -0.331 e. The van der Waals surface area contributed by atoms with E-state index in [1.54, 1.807) is 17.0 Å². The van der Waals surface area contributed by atoms with Gasteiger partial charge in [-0.2, -0.15) is 0 Å². The lowest BCUT2D eigenvalue weighted by Crippen LogP contribution is -2.24. The van der Waals surface area contributed by atoms with Gasteiger partial charge in [-0.1, -0.05) is 12.1 Å². The lowest BCUT2D eigenvalue weighted by atomic mass is 10.1. The zero-order valence-electron chi connectivity index (χ0n) is 12.7. The monoisotopic (exact) mass is 309 g/mol. The fraction of sp³-hybridized carbons (Fsp3) is 0.222. The van der Waals surface area contributed by atoms with Crippen LogP contribution in [0.1, 0.15) is 18.2 Å². The average molecular weight is 309 g/mol. The first-order chi connectivity index (χ1) is 11.1. The molecular weight excluding hydrogens is 293 g/mol. The van der Waals surface area contributed by atoms with E-state index in [0.717, 1.165) is 22.5 Å². The number of fused-ring (bicyclic) bond motifs is 1. The number of aromatic nitrogens is 2. The molecule has 5 heteroatoms. The van der Waals surface area contributed by atoms with Crippen molar-refractivity contribution in [1.29, 1.82) is 0 Å². The molecule has 0 spiro atoms. The van der Waals surface area contributed by atoms with Crippen LogP contribution in [0.3, 0.4) is 0 Å². The van der Waals surface area contributed by atoms with E-state index in [4.69, 9.17) is 4.98 Å². The summed E-state index contributed by atoms with van der Waals surface area (Å²) in [5.41, 5.74) is 2.74. The van der Waals surface area contributed by atoms with Crippen LogP contribution in [0.2, 0.25) is 0 Å². The third kappa shape index (κ3) is 2.29. The number of anilines is 1. The highest BCUT2D eigenvalue weighted by molar-refractivity contribution is 5.96. The second-order valence-corrected chi connectivity index (χ2v) is 5.90. The van der Waals surface area contributed by atoms with Gasteiger partial charge in [-0.05, 0) is 36.4 Å². The molecule has 0 saturated carbocycles. The van der Waals surface area contributed by atoms with E-state index >= 15 is 0 Å². The number of aryl methyl sites for hydroxylation is 1. The molecule has 4 rings (SSSR count). The number of imidazole rings is 1. The number of carbonyl (C=O) groups is 1. The summed E-state index contributed by atoms with van der Waals surface area (Å²) in [6.07, 6.45) is 0.425. The van der Waals surface area contributed by atoms with Crippen molar-refractivity contribution in [3.8, 4) is 0 Å². The number of rotatable bonds is 2. The number of benzene rings is 2. The van der Waals surface area contributed by atoms with Crippen LogP contribution in [0.5, 0.6) is 0 Å². The maximum atomic E-state index is 13.1. The van der Waals surface area contributed by atoms with Crippen LogP contribution in [-0.2, 0) is 11.8 Å². The molecule has 0 N–H and O–H groups in total. The highest BCUT2D eigenvalue weighted by Crippen LogP contribution is 2.32. The number of hydrogen-bond acceptors (Lipinski definition) is 2. The van der Waals surface area contributed by atoms with E-state index in [-0.39, 0.29) is 17.6 Å². The third-order valence-electron chi connectivity index (χ3n) is 4.45. The van der Waals surface area contributed by atoms with Crippen LogP contribution in [-0.4, -0.2) is 22.0 Å². The molecule has 2 heterocycles. The Balaban J connectivity index is 1.67. The minimum absolute atomic E-state index is 0.0463. The summed E-state index contributed by atoms with van der Waals surface area (Å²) in [6.45, 7) is 0.571. The molecule has 116 valence electrons. The van der Waals surface area contributed by atoms with Crippen molar-refractivity contribution < 1.29 is 9.18 Å². The fourth-order valence-corrected chi connectivity index (χ4v) is 3.28. The Hall–Kier alpha value is -2.69. The number of amides is 1. The van der Waals surface area contributed by atoms with E-state index in [1.807, 2.05) is 31.3 Å². The molecular formula is C18H16FN3O. The molecule has 2 aromatic carbocycles. The maximum absolute atomic E-state index is 13.1. The highest BCUT2D eigenvalue weighted by atomic mass is 19.1. The fourth-order valence-electron chi connectivity index (χ4n) is 3.28. The first-order valence-electron chi connectivity index (χ1n) is 7.61. The molecule has 1 aromatic heterocycles. The predicted octanol–water partition coefficient (Wildman–Crippen LogP) is 3.23. The van der Waals surface area contributed by atoms with E-state index in [1.165, 1.54) is 12.1 Å². The largest absolute Gasteiger partial charge is 0.331 e. The Kier molecular flexibility index (Phi) is 3.15. The average Bonchev–Trinajstić information content (AvgIpc) is 3.09. The summed E-state index contributed by atoms with van der Waals surface area (Å²) < 4.78 is 15.1. The molecule has 1 saturated heterocycles. The summed E-state index contributed by atoms with van der Waals surface area (Å²) in [5.74, 6) is 0.718. The van der Waals surface area contributed by atoms with Crippen LogP contribution < -0.4 is 4.90 Å². The van der Waals surface area contributed by atoms with Crippen LogP contribution in [0.4, 0.5) is 10.1 Å². The van der Waals surface area contributed by atoms with Gasteiger partial charge in [-0.25, -0.2) is 9.37 Å². The Bertz CT molecular complexity index is 885. The van der Waals surface area contributed by atoms with Gasteiger partial charge in [-0.15, -0.1) is 0 Å². The van der Waals surface area contributed by atoms with Gasteiger partial charge < -0.3 is 9.47 Å². The number of hydrogen-bond donors (Lipinski definition) is 0. The summed E-state index contributed by atoms with van der Waals surface area (Å²) in [4.78, 5) is 18.8. The molecule has 1 amide bonds. The second-order valence-electron chi connectivity index (χ2n) is 5.90. The first kappa shape index (κ1) is 13.9. The summed E-state index contributed by atoms with van der Waals surface area (Å²) in [6, 6.07) is 14.0. The Labute approximate surface area is 133 Å². The predicted molar refractivity (Wildman–Crippen MR) is 86.8 cm³/mol. The van der Waals surface area contributed by atoms with Gasteiger partial charge >= 0.3 is 0 Å². The molecule has 1 aliphatic rings. The second kappa shape index (κ2) is 5.19. The van der Waals surface area contributed by atoms with Crippen molar-refractivity contribution in [1.82, 2.24) is 9.55 Å². The first-order valence-corrected chi connectivity index (χ1v) is 7.61. The van der Waals surface area contributed by atoms with Crippen molar-refractivity contribution in [2.24, 2.45) is 7.05 Å². The SMILES string of the molecule is Cn1c(C2CC(=O)N(c3ccc(F)cc3)C2)nc2ccccc21. The lowest BCUT2D eigenvalue weighted by Gasteiger charge is -2.16. The molecule has 1 aliphatic heterocycles. The summed E-state index contributed by atoms with van der Waals surface area (Å²) >= 11 is 0. The third-order valence-corrected chi connectivity index (χ3v) is 4.45. The van der Waals surface area contributed by atoms with Crippen molar-refractivity contribution in [3.63, 3.8) is 0 Å². The number of halogens is 1. The van der Waals surface area contributed by atoms with Crippen molar-refractivity contribution >= 4 is 22.6 Å². The van der Waals surface area contributed by atoms with Crippen molar-refractivity contribution in [3.05, 3.63) is 60.2 Å². The van der Waals surface area contributed by atoms with Gasteiger partial charge in [0.25, 0.3) is 0 Å². The van der Waals surface area contributed by atoms with Crippen LogP contribution >= 0.6 is 0 Å². The van der Waals surface area contributed by atoms with E-state index in [9.17, 15) is 9.18 Å². The summed E-state index contributed by atoms with van der Waals surface area (Å²) in [7, 11) is 1.98. The van der Waals surface area contributed by atoms with E-state index < -0.39 is 0 Å². The van der Waals surface area contributed by atoms with Gasteiger partial charge in [0.2, 0.25) is 5.91 Å². The molecule has 0 radical (unpaired) electrons. The molecule has 4 nitrogen and oxygen atoms in total. The van der Waals surface area contributed by atoms with Crippen LogP contribution in [0.15, 0.2) is 48.5 Å². The zero-order valence-corrected chi connectivity index (χ0v) is 12.7. The van der Waals surface area contributed by atoms with Gasteiger partial charge in [-0.3, -0.25) is 4.79 Å². The van der Waals surface area contributed by atoms with Gasteiger partial charge in [0, 0.05) is 31.6 Å². The number of carbonyl (C=O) groups excluding carboxylic acids is 1. The lowest BCUT2D eigenvalue weighted by molar-refractivity contribution is -0.117. The molecule has 3 aromatic rings. The number of nitrogens with zero attached hydrogens (tertiary/aromatic N) is 3. The Morgan fingerprint density at radius 3 is 2.61 bits per heavy atom. The quantitative estimate of drug-likeness (QED) is 0.729. The van der Waals surface area contributed by atoms with Crippen LogP contribution in [0, 0.1) is 5.82 Å². The topological polar surface area (TPSA) is 38.1 Å². The zero-order chi connectivity index (χ0) is 16.0. The standard InChI is InChI=1S/C18H16FN3O/c1-21-16-5-3-2-4-15(16)20-18(21)12-10-17(23)22(11-12)14-8-6-13(19)7-9-14/h2-9,12H,10-11H2,1H3. The van der Waals surface area contributed by atoms with Gasteiger partial charge in [0.1, 0.15) is 11.6 Å². The smallest absolute Gasteiger partial charge is 0.227 e. The molecule has 0 bridgehead atoms. The molecule has 0 aliphatic carbocycles. The molecule has 1 fully saturated rings. The highest BCUT2D eigenvalue weighted by Gasteiger charge is 2.34. The van der Waals surface area contributed by atoms with Gasteiger partial charge in [0.15, 0.2) is 0 Å². The summed E-state index contributed by atoms with van der Waals surface area (Å²) in [5, 5.41) is 0. The Morgan fingerprint density at radius 1 is 1.13 bits per heavy atom. The molecule has 23 heavy (non-hydrogen) atoms. The Morgan fingerprint density at radius 2 is 1.87 bits per heavy atom. The maximum Gasteiger partial charge on any atom is 0.227 e. The number of para-hydroxylation sites is 2. The minimum atomic E-state index is -0.299. The van der Waals surface area contributed by atoms with Crippen molar-refractivity contribution in [2.45, 2.75) is 12.3 Å². The van der Waals surface area contributed by atoms with Crippen molar-refractivity contribution in [2.75, 3.05) is 11.4 Å². The van der Waals surface area contributed by atoms with E-state index in [2.05, 4.69) is 4.57 Å². The van der Waals surface area contributed by atoms with E-state index in [0.29, 0.717) is 13.0 Å². The molecule has 1 unspecified atom stereocenters.